The maximum absolute atomic E-state index is 12.9. The molecule has 2 saturated carbocycles. The summed E-state index contributed by atoms with van der Waals surface area (Å²) >= 11 is 0. The molecule has 0 amide bonds. The van der Waals surface area contributed by atoms with Gasteiger partial charge in [0, 0.05) is 11.5 Å². The molecule has 0 unspecified atom stereocenters. The predicted molar refractivity (Wildman–Crippen MR) is 83.2 cm³/mol. The minimum absolute atomic E-state index is 0.300. The van der Waals surface area contributed by atoms with Crippen LogP contribution in [0.4, 0.5) is 0 Å². The van der Waals surface area contributed by atoms with Crippen LogP contribution in [0.25, 0.3) is 0 Å². The first-order chi connectivity index (χ1) is 9.86. The average molecular weight is 270 g/mol. The lowest BCUT2D eigenvalue weighted by Gasteiger charge is -2.26. The van der Waals surface area contributed by atoms with Gasteiger partial charge in [0.15, 0.2) is 5.78 Å². The molecule has 1 aromatic carbocycles. The highest BCUT2D eigenvalue weighted by Gasteiger charge is 2.26. The smallest absolute Gasteiger partial charge is 0.166 e. The van der Waals surface area contributed by atoms with Gasteiger partial charge in [-0.05, 0) is 37.2 Å². The van der Waals surface area contributed by atoms with Gasteiger partial charge in [-0.2, -0.15) is 0 Å². The van der Waals surface area contributed by atoms with Crippen molar-refractivity contribution in [3.63, 3.8) is 0 Å². The molecular formula is C19H26O. The van der Waals surface area contributed by atoms with Crippen LogP contribution in [-0.2, 0) is 0 Å². The average Bonchev–Trinajstić information content (AvgIpc) is 2.56. The Morgan fingerprint density at radius 3 is 2.10 bits per heavy atom. The number of carbonyl (C=O) groups is 1. The predicted octanol–water partition coefficient (Wildman–Crippen LogP) is 5.50. The fourth-order valence-electron chi connectivity index (χ4n) is 4.08. The Labute approximate surface area is 122 Å². The van der Waals surface area contributed by atoms with Crippen molar-refractivity contribution in [2.24, 2.45) is 5.92 Å². The standard InChI is InChI=1S/C19H26O/c20-19(16-11-5-2-6-12-16)18-14-8-7-13-17(18)15-9-3-1-4-10-15/h7-8,13-16H,1-6,9-12H2. The number of benzene rings is 1. The molecule has 20 heavy (non-hydrogen) atoms. The Bertz CT molecular complexity index is 451. The highest BCUT2D eigenvalue weighted by molar-refractivity contribution is 5.99. The summed E-state index contributed by atoms with van der Waals surface area (Å²) < 4.78 is 0. The number of rotatable bonds is 3. The molecule has 0 N–H and O–H groups in total. The van der Waals surface area contributed by atoms with Crippen LogP contribution in [-0.4, -0.2) is 5.78 Å². The van der Waals surface area contributed by atoms with Crippen molar-refractivity contribution in [3.05, 3.63) is 35.4 Å². The largest absolute Gasteiger partial charge is 0.294 e. The van der Waals surface area contributed by atoms with Crippen LogP contribution in [0.5, 0.6) is 0 Å². The van der Waals surface area contributed by atoms with Gasteiger partial charge in [0.2, 0.25) is 0 Å². The zero-order chi connectivity index (χ0) is 13.8. The molecule has 2 aliphatic carbocycles. The second-order valence-corrected chi connectivity index (χ2v) is 6.62. The Morgan fingerprint density at radius 2 is 1.40 bits per heavy atom. The van der Waals surface area contributed by atoms with E-state index in [9.17, 15) is 4.79 Å². The van der Waals surface area contributed by atoms with Crippen LogP contribution >= 0.6 is 0 Å². The number of hydrogen-bond donors (Lipinski definition) is 0. The summed E-state index contributed by atoms with van der Waals surface area (Å²) in [7, 11) is 0. The lowest BCUT2D eigenvalue weighted by atomic mass is 9.78. The molecule has 2 aliphatic rings. The van der Waals surface area contributed by atoms with E-state index in [1.165, 1.54) is 56.9 Å². The van der Waals surface area contributed by atoms with Crippen molar-refractivity contribution in [2.45, 2.75) is 70.1 Å². The molecule has 0 aliphatic heterocycles. The van der Waals surface area contributed by atoms with Crippen LogP contribution in [0.15, 0.2) is 24.3 Å². The molecule has 1 aromatic rings. The van der Waals surface area contributed by atoms with Gasteiger partial charge in [0.1, 0.15) is 0 Å². The monoisotopic (exact) mass is 270 g/mol. The van der Waals surface area contributed by atoms with Gasteiger partial charge in [-0.3, -0.25) is 4.79 Å². The van der Waals surface area contributed by atoms with E-state index < -0.39 is 0 Å². The fraction of sp³-hybridized carbons (Fsp3) is 0.632. The third-order valence-electron chi connectivity index (χ3n) is 5.25. The van der Waals surface area contributed by atoms with Crippen molar-refractivity contribution in [2.75, 3.05) is 0 Å². The van der Waals surface area contributed by atoms with E-state index in [2.05, 4.69) is 18.2 Å². The quantitative estimate of drug-likeness (QED) is 0.663. The first-order valence-electron chi connectivity index (χ1n) is 8.49. The Balaban J connectivity index is 1.82. The second kappa shape index (κ2) is 6.56. The van der Waals surface area contributed by atoms with Gasteiger partial charge < -0.3 is 0 Å². The summed E-state index contributed by atoms with van der Waals surface area (Å²) in [6.45, 7) is 0. The zero-order valence-corrected chi connectivity index (χ0v) is 12.4. The van der Waals surface area contributed by atoms with E-state index in [1.54, 1.807) is 0 Å². The second-order valence-electron chi connectivity index (χ2n) is 6.62. The van der Waals surface area contributed by atoms with Crippen LogP contribution in [0.1, 0.15) is 86.0 Å². The van der Waals surface area contributed by atoms with Gasteiger partial charge >= 0.3 is 0 Å². The zero-order valence-electron chi connectivity index (χ0n) is 12.4. The summed E-state index contributed by atoms with van der Waals surface area (Å²) in [5.74, 6) is 1.37. The highest BCUT2D eigenvalue weighted by atomic mass is 16.1. The number of Topliss-reactive ketones (excluding diaryl/α,β-unsaturated/α-hetero) is 1. The third-order valence-corrected chi connectivity index (χ3v) is 5.25. The molecule has 0 spiro atoms. The Morgan fingerprint density at radius 1 is 0.800 bits per heavy atom. The molecule has 0 bridgehead atoms. The number of ketones is 1. The maximum Gasteiger partial charge on any atom is 0.166 e. The van der Waals surface area contributed by atoms with Crippen molar-refractivity contribution in [3.8, 4) is 0 Å². The van der Waals surface area contributed by atoms with Crippen molar-refractivity contribution < 1.29 is 4.79 Å². The molecule has 0 heterocycles. The summed E-state index contributed by atoms with van der Waals surface area (Å²) in [5.41, 5.74) is 2.40. The van der Waals surface area contributed by atoms with E-state index in [0.717, 1.165) is 18.4 Å². The molecule has 0 atom stereocenters. The highest BCUT2D eigenvalue weighted by Crippen LogP contribution is 2.36. The van der Waals surface area contributed by atoms with Crippen LogP contribution < -0.4 is 0 Å². The van der Waals surface area contributed by atoms with Gasteiger partial charge in [-0.25, -0.2) is 0 Å². The fourth-order valence-corrected chi connectivity index (χ4v) is 4.08. The van der Waals surface area contributed by atoms with Crippen molar-refractivity contribution >= 4 is 5.78 Å². The van der Waals surface area contributed by atoms with Gasteiger partial charge in [-0.1, -0.05) is 62.8 Å². The third kappa shape index (κ3) is 2.97. The summed E-state index contributed by atoms with van der Waals surface area (Å²) in [6.07, 6.45) is 12.6. The molecular weight excluding hydrogens is 244 g/mol. The van der Waals surface area contributed by atoms with Crippen molar-refractivity contribution in [1.29, 1.82) is 0 Å². The summed E-state index contributed by atoms with van der Waals surface area (Å²) in [5, 5.41) is 0. The molecule has 1 heteroatoms. The topological polar surface area (TPSA) is 17.1 Å². The molecule has 3 rings (SSSR count). The molecule has 0 aromatic heterocycles. The van der Waals surface area contributed by atoms with Crippen LogP contribution in [0.3, 0.4) is 0 Å². The van der Waals surface area contributed by atoms with E-state index >= 15 is 0 Å². The van der Waals surface area contributed by atoms with Crippen LogP contribution in [0.2, 0.25) is 0 Å². The summed E-state index contributed by atoms with van der Waals surface area (Å²) in [6, 6.07) is 8.46. The van der Waals surface area contributed by atoms with Gasteiger partial charge in [0.05, 0.1) is 0 Å². The normalized spacial score (nSPS) is 21.8. The van der Waals surface area contributed by atoms with Gasteiger partial charge in [0.25, 0.3) is 0 Å². The summed E-state index contributed by atoms with van der Waals surface area (Å²) in [4.78, 5) is 12.9. The Kier molecular flexibility index (Phi) is 4.54. The lowest BCUT2D eigenvalue weighted by Crippen LogP contribution is -2.20. The minimum atomic E-state index is 0.300. The molecule has 1 nitrogen and oxygen atoms in total. The van der Waals surface area contributed by atoms with Gasteiger partial charge in [-0.15, -0.1) is 0 Å². The minimum Gasteiger partial charge on any atom is -0.294 e. The van der Waals surface area contributed by atoms with E-state index in [-0.39, 0.29) is 0 Å². The number of hydrogen-bond acceptors (Lipinski definition) is 1. The SMILES string of the molecule is O=C(c1ccccc1C1CCCCC1)C1CCCCC1. The molecule has 108 valence electrons. The molecule has 0 saturated heterocycles. The van der Waals surface area contributed by atoms with E-state index in [4.69, 9.17) is 0 Å². The van der Waals surface area contributed by atoms with Crippen LogP contribution in [0, 0.1) is 5.92 Å². The maximum atomic E-state index is 12.9. The Hall–Kier alpha value is -1.11. The van der Waals surface area contributed by atoms with Crippen molar-refractivity contribution in [1.82, 2.24) is 0 Å². The van der Waals surface area contributed by atoms with E-state index in [0.29, 0.717) is 17.6 Å². The molecule has 2 fully saturated rings. The lowest BCUT2D eigenvalue weighted by molar-refractivity contribution is 0.0887. The molecule has 0 radical (unpaired) electrons. The number of carbonyl (C=O) groups excluding carboxylic acids is 1. The van der Waals surface area contributed by atoms with E-state index in [1.807, 2.05) is 6.07 Å². The first-order valence-corrected chi connectivity index (χ1v) is 8.49. The first kappa shape index (κ1) is 13.9.